The van der Waals surface area contributed by atoms with E-state index < -0.39 is 0 Å². The Morgan fingerprint density at radius 1 is 2.00 bits per heavy atom. The summed E-state index contributed by atoms with van der Waals surface area (Å²) < 4.78 is 0. The zero-order valence-corrected chi connectivity index (χ0v) is 2.27. The summed E-state index contributed by atoms with van der Waals surface area (Å²) in [5, 5.41) is 0. The third kappa shape index (κ3) is 1.50. The molecule has 0 fully saturated rings. The van der Waals surface area contributed by atoms with Gasteiger partial charge in [-0.2, -0.15) is 5.90 Å². The summed E-state index contributed by atoms with van der Waals surface area (Å²) in [6.45, 7) is 3.13. The van der Waals surface area contributed by atoms with E-state index in [2.05, 4.69) is 17.3 Å². The summed E-state index contributed by atoms with van der Waals surface area (Å²) >= 11 is 0. The minimum Gasteiger partial charge on any atom is -0.420 e. The van der Waals surface area contributed by atoms with Crippen molar-refractivity contribution in [3.8, 4) is 0 Å². The maximum Gasteiger partial charge on any atom is 0.103 e. The van der Waals surface area contributed by atoms with Gasteiger partial charge < -0.3 is 4.84 Å². The van der Waals surface area contributed by atoms with Crippen LogP contribution in [0.1, 0.15) is 0 Å². The fourth-order valence-corrected chi connectivity index (χ4v) is 0. The second-order valence-electron chi connectivity index (χ2n) is 0.303. The van der Waals surface area contributed by atoms with Crippen molar-refractivity contribution >= 4 is 0 Å². The minimum absolute atomic E-state index is 1.15. The van der Waals surface area contributed by atoms with Crippen LogP contribution in [0, 0.1) is 0 Å². The lowest BCUT2D eigenvalue weighted by Crippen LogP contribution is -1.85. The Labute approximate surface area is 24.8 Å². The first kappa shape index (κ1) is 3.50. The lowest BCUT2D eigenvalue weighted by atomic mass is 11.2. The van der Waals surface area contributed by atoms with Gasteiger partial charge in [0, 0.05) is 0 Å². The Hall–Kier alpha value is -0.500. The first-order chi connectivity index (χ1) is 1.91. The van der Waals surface area contributed by atoms with Crippen molar-refractivity contribution in [1.82, 2.24) is 0 Å². The van der Waals surface area contributed by atoms with E-state index in [1.807, 2.05) is 0 Å². The van der Waals surface area contributed by atoms with Gasteiger partial charge in [0.15, 0.2) is 0 Å². The van der Waals surface area contributed by atoms with Gasteiger partial charge in [0.2, 0.25) is 0 Å². The largest absolute Gasteiger partial charge is 0.420 e. The Balaban J connectivity index is 2.30. The van der Waals surface area contributed by atoms with Crippen LogP contribution in [0.4, 0.5) is 0 Å². The molecule has 0 saturated carbocycles. The van der Waals surface area contributed by atoms with Crippen LogP contribution < -0.4 is 5.90 Å². The van der Waals surface area contributed by atoms with Crippen LogP contribution in [0.2, 0.25) is 0 Å². The highest BCUT2D eigenvalue weighted by Gasteiger charge is 1.35. The van der Waals surface area contributed by atoms with E-state index >= 15 is 0 Å². The van der Waals surface area contributed by atoms with E-state index in [9.17, 15) is 0 Å². The molecule has 2 nitrogen and oxygen atoms in total. The van der Waals surface area contributed by atoms with E-state index in [1.165, 1.54) is 0 Å². The second kappa shape index (κ2) is 2.50. The van der Waals surface area contributed by atoms with E-state index in [0.29, 0.717) is 0 Å². The van der Waals surface area contributed by atoms with Crippen molar-refractivity contribution in [2.75, 3.05) is 0 Å². The van der Waals surface area contributed by atoms with Crippen LogP contribution in [0.3, 0.4) is 0 Å². The third-order valence-corrected chi connectivity index (χ3v) is 0.0962. The fourth-order valence-electron chi connectivity index (χ4n) is 0. The molecular weight excluding hydrogens is 54.0 g/mol. The van der Waals surface area contributed by atoms with Gasteiger partial charge in [0.1, 0.15) is 6.26 Å². The summed E-state index contributed by atoms with van der Waals surface area (Å²) in [6, 6.07) is 0. The normalized spacial score (nSPS) is 5.25. The van der Waals surface area contributed by atoms with E-state index in [4.69, 9.17) is 0 Å². The van der Waals surface area contributed by atoms with Gasteiger partial charge >= 0.3 is 0 Å². The molecule has 0 aliphatic rings. The van der Waals surface area contributed by atoms with Crippen LogP contribution >= 0.6 is 0 Å². The number of hydrogen-bond donors (Lipinski definition) is 1. The summed E-state index contributed by atoms with van der Waals surface area (Å²) in [5.41, 5.74) is 0. The third-order valence-electron chi connectivity index (χ3n) is 0.0962. The van der Waals surface area contributed by atoms with Crippen molar-refractivity contribution in [3.63, 3.8) is 0 Å². The highest BCUT2D eigenvalue weighted by atomic mass is 16.6. The molecule has 0 saturated heterocycles. The van der Waals surface area contributed by atoms with Gasteiger partial charge in [-0.05, 0) is 0 Å². The van der Waals surface area contributed by atoms with Gasteiger partial charge in [-0.15, -0.1) is 0 Å². The molecule has 0 aromatic heterocycles. The average Bonchev–Trinajstić information content (AvgIpc) is 1.37. The van der Waals surface area contributed by atoms with Crippen molar-refractivity contribution in [1.29, 1.82) is 0 Å². The molecule has 0 spiro atoms. The highest BCUT2D eigenvalue weighted by molar-refractivity contribution is 4.42. The fraction of sp³-hybridized carbons (Fsp3) is 0. The lowest BCUT2D eigenvalue weighted by molar-refractivity contribution is 0.262. The second-order valence-corrected chi connectivity index (χ2v) is 0.303. The van der Waals surface area contributed by atoms with Crippen LogP contribution in [-0.4, -0.2) is 0 Å². The predicted octanol–water partition coefficient (Wildman–Crippen LogP) is 0.0202. The molecule has 24 valence electrons. The zero-order valence-electron chi connectivity index (χ0n) is 2.27. The van der Waals surface area contributed by atoms with Crippen LogP contribution in [0.25, 0.3) is 0 Å². The Morgan fingerprint density at radius 2 is 2.25 bits per heavy atom. The summed E-state index contributed by atoms with van der Waals surface area (Å²) in [6.07, 6.45) is 1.15. The number of rotatable bonds is 1. The molecule has 0 bridgehead atoms. The molecule has 0 atom stereocenters. The SMILES string of the molecule is C=CON. The highest BCUT2D eigenvalue weighted by Crippen LogP contribution is 1.45. The quantitative estimate of drug-likeness (QED) is 0.341. The molecule has 0 rings (SSSR count). The van der Waals surface area contributed by atoms with Gasteiger partial charge in [-0.25, -0.2) is 0 Å². The Morgan fingerprint density at radius 3 is 2.25 bits per heavy atom. The first-order valence-corrected chi connectivity index (χ1v) is 0.880. The lowest BCUT2D eigenvalue weighted by Gasteiger charge is -1.72. The molecule has 2 N–H and O–H groups in total. The standard InChI is InChI=1S/C2H5NO/c1-2-4-3/h2H,1,3H2. The molecule has 0 aromatic rings. The van der Waals surface area contributed by atoms with Crippen LogP contribution in [-0.2, 0) is 4.84 Å². The van der Waals surface area contributed by atoms with Crippen molar-refractivity contribution in [2.45, 2.75) is 0 Å². The minimum atomic E-state index is 1.15. The Kier molecular flexibility index (Phi) is 2.19. The summed E-state index contributed by atoms with van der Waals surface area (Å²) in [4.78, 5) is 3.81. The summed E-state index contributed by atoms with van der Waals surface area (Å²) in [5.74, 6) is 4.41. The Bertz CT molecular complexity index is 20.0. The molecule has 0 aliphatic carbocycles. The topological polar surface area (TPSA) is 35.2 Å². The molecule has 0 radical (unpaired) electrons. The maximum absolute atomic E-state index is 4.41. The molecule has 0 aliphatic heterocycles. The van der Waals surface area contributed by atoms with Gasteiger partial charge in [0.25, 0.3) is 0 Å². The van der Waals surface area contributed by atoms with E-state index in [-0.39, 0.29) is 0 Å². The van der Waals surface area contributed by atoms with Crippen molar-refractivity contribution in [2.24, 2.45) is 5.90 Å². The van der Waals surface area contributed by atoms with E-state index in [1.54, 1.807) is 0 Å². The number of hydrogen-bond acceptors (Lipinski definition) is 2. The van der Waals surface area contributed by atoms with Crippen LogP contribution in [0.15, 0.2) is 12.8 Å². The van der Waals surface area contributed by atoms with E-state index in [0.717, 1.165) is 6.26 Å². The molecule has 0 amide bonds. The average molecular weight is 59.1 g/mol. The molecule has 0 unspecified atom stereocenters. The van der Waals surface area contributed by atoms with Gasteiger partial charge in [0.05, 0.1) is 0 Å². The molecule has 4 heavy (non-hydrogen) atoms. The first-order valence-electron chi connectivity index (χ1n) is 0.880. The molecule has 0 aromatic carbocycles. The van der Waals surface area contributed by atoms with Crippen molar-refractivity contribution in [3.05, 3.63) is 12.8 Å². The maximum atomic E-state index is 4.41. The molecule has 0 heterocycles. The van der Waals surface area contributed by atoms with Crippen LogP contribution in [0.5, 0.6) is 0 Å². The summed E-state index contributed by atoms with van der Waals surface area (Å²) in [7, 11) is 0. The van der Waals surface area contributed by atoms with Gasteiger partial charge in [-0.3, -0.25) is 0 Å². The molecule has 2 heteroatoms. The smallest absolute Gasteiger partial charge is 0.103 e. The predicted molar refractivity (Wildman–Crippen MR) is 15.5 cm³/mol. The number of nitrogens with two attached hydrogens (primary N) is 1. The van der Waals surface area contributed by atoms with Gasteiger partial charge in [-0.1, -0.05) is 6.58 Å². The monoisotopic (exact) mass is 59.0 g/mol. The molecular formula is C2H5NO. The zero-order chi connectivity index (χ0) is 3.41. The van der Waals surface area contributed by atoms with Crippen molar-refractivity contribution < 1.29 is 4.84 Å².